The number of nitrogens with zero attached hydrogens (tertiary/aromatic N) is 3. The number of aromatic nitrogens is 2. The zero-order valence-electron chi connectivity index (χ0n) is 11.9. The van der Waals surface area contributed by atoms with E-state index in [4.69, 9.17) is 5.11 Å². The van der Waals surface area contributed by atoms with Crippen molar-refractivity contribution in [3.8, 4) is 0 Å². The van der Waals surface area contributed by atoms with Crippen LogP contribution in [-0.4, -0.2) is 45.4 Å². The van der Waals surface area contributed by atoms with E-state index in [-0.39, 0.29) is 18.6 Å². The highest BCUT2D eigenvalue weighted by atomic mass is 16.3. The molecule has 0 bridgehead atoms. The van der Waals surface area contributed by atoms with Crippen LogP contribution in [0.1, 0.15) is 30.3 Å². The minimum atomic E-state index is -0.131. The number of aliphatic hydroxyl groups excluding tert-OH is 1. The van der Waals surface area contributed by atoms with Gasteiger partial charge in [-0.1, -0.05) is 0 Å². The number of aryl methyl sites for hydroxylation is 2. The van der Waals surface area contributed by atoms with E-state index >= 15 is 0 Å². The topological polar surface area (TPSA) is 58.4 Å². The average molecular weight is 253 g/mol. The molecule has 5 nitrogen and oxygen atoms in total. The van der Waals surface area contributed by atoms with Crippen LogP contribution in [0.25, 0.3) is 0 Å². The van der Waals surface area contributed by atoms with Crippen LogP contribution in [0.5, 0.6) is 0 Å². The number of amides is 1. The number of hydrogen-bond donors (Lipinski definition) is 1. The fourth-order valence-electron chi connectivity index (χ4n) is 1.96. The zero-order valence-corrected chi connectivity index (χ0v) is 11.9. The van der Waals surface area contributed by atoms with Gasteiger partial charge in [0.1, 0.15) is 0 Å². The second-order valence-corrected chi connectivity index (χ2v) is 4.81. The highest BCUT2D eigenvalue weighted by Crippen LogP contribution is 2.14. The van der Waals surface area contributed by atoms with Crippen LogP contribution in [0.4, 0.5) is 0 Å². The van der Waals surface area contributed by atoms with E-state index in [1.165, 1.54) is 0 Å². The molecule has 0 saturated heterocycles. The Bertz CT molecular complexity index is 426. The molecule has 1 unspecified atom stereocenters. The summed E-state index contributed by atoms with van der Waals surface area (Å²) in [6.45, 7) is 5.80. The van der Waals surface area contributed by atoms with Gasteiger partial charge in [0.25, 0.3) is 0 Å². The summed E-state index contributed by atoms with van der Waals surface area (Å²) in [5, 5.41) is 13.4. The second kappa shape index (κ2) is 6.00. The molecule has 0 saturated carbocycles. The van der Waals surface area contributed by atoms with Crippen LogP contribution in [0.2, 0.25) is 0 Å². The summed E-state index contributed by atoms with van der Waals surface area (Å²) < 4.78 is 1.84. The van der Waals surface area contributed by atoms with Gasteiger partial charge in [0, 0.05) is 26.2 Å². The van der Waals surface area contributed by atoms with E-state index in [1.54, 1.807) is 11.9 Å². The lowest BCUT2D eigenvalue weighted by atomic mass is 10.1. The maximum absolute atomic E-state index is 11.9. The van der Waals surface area contributed by atoms with E-state index in [9.17, 15) is 4.79 Å². The molecule has 0 fully saturated rings. The van der Waals surface area contributed by atoms with Crippen molar-refractivity contribution >= 4 is 5.91 Å². The molecule has 0 aliphatic heterocycles. The van der Waals surface area contributed by atoms with Crippen molar-refractivity contribution in [2.45, 2.75) is 39.7 Å². The highest BCUT2D eigenvalue weighted by molar-refractivity contribution is 5.76. The van der Waals surface area contributed by atoms with Crippen molar-refractivity contribution < 1.29 is 9.90 Å². The fourth-order valence-corrected chi connectivity index (χ4v) is 1.96. The minimum Gasteiger partial charge on any atom is -0.394 e. The molecule has 5 heteroatoms. The van der Waals surface area contributed by atoms with Crippen molar-refractivity contribution in [1.82, 2.24) is 14.7 Å². The highest BCUT2D eigenvalue weighted by Gasteiger charge is 2.16. The monoisotopic (exact) mass is 253 g/mol. The van der Waals surface area contributed by atoms with Crippen molar-refractivity contribution in [1.29, 1.82) is 0 Å². The number of carbonyl (C=O) groups excluding carboxylic acids is 1. The number of rotatable bonds is 5. The van der Waals surface area contributed by atoms with E-state index in [0.29, 0.717) is 12.8 Å². The fraction of sp³-hybridized carbons (Fsp3) is 0.692. The predicted octanol–water partition coefficient (Wildman–Crippen LogP) is 0.809. The maximum Gasteiger partial charge on any atom is 0.222 e. The molecule has 18 heavy (non-hydrogen) atoms. The lowest BCUT2D eigenvalue weighted by molar-refractivity contribution is -0.132. The largest absolute Gasteiger partial charge is 0.394 e. The first kappa shape index (κ1) is 14.7. The molecule has 0 aliphatic carbocycles. The number of aliphatic hydroxyl groups is 1. The van der Waals surface area contributed by atoms with Crippen molar-refractivity contribution in [2.24, 2.45) is 7.05 Å². The van der Waals surface area contributed by atoms with Gasteiger partial charge in [-0.25, -0.2) is 0 Å². The summed E-state index contributed by atoms with van der Waals surface area (Å²) in [7, 11) is 3.64. The van der Waals surface area contributed by atoms with Gasteiger partial charge in [0.15, 0.2) is 0 Å². The first-order valence-corrected chi connectivity index (χ1v) is 6.24. The van der Waals surface area contributed by atoms with Gasteiger partial charge in [0.2, 0.25) is 5.91 Å². The van der Waals surface area contributed by atoms with E-state index < -0.39 is 0 Å². The normalized spacial score (nSPS) is 12.6. The van der Waals surface area contributed by atoms with Crippen LogP contribution in [-0.2, 0) is 18.3 Å². The summed E-state index contributed by atoms with van der Waals surface area (Å²) in [4.78, 5) is 13.5. The first-order chi connectivity index (χ1) is 8.38. The van der Waals surface area contributed by atoms with Crippen LogP contribution in [0.15, 0.2) is 0 Å². The van der Waals surface area contributed by atoms with Crippen molar-refractivity contribution in [2.75, 3.05) is 13.7 Å². The standard InChI is InChI=1S/C13H23N3O2/c1-9(8-17)15(4)13(18)7-6-12-10(2)14-16(5)11(12)3/h9,17H,6-8H2,1-5H3. The first-order valence-electron chi connectivity index (χ1n) is 6.24. The van der Waals surface area contributed by atoms with Crippen molar-refractivity contribution in [3.05, 3.63) is 17.0 Å². The van der Waals surface area contributed by atoms with Gasteiger partial charge < -0.3 is 10.0 Å². The van der Waals surface area contributed by atoms with Crippen LogP contribution < -0.4 is 0 Å². The molecule has 1 rings (SSSR count). The summed E-state index contributed by atoms with van der Waals surface area (Å²) in [5.74, 6) is 0.0548. The summed E-state index contributed by atoms with van der Waals surface area (Å²) in [6, 6.07) is -0.131. The Morgan fingerprint density at radius 1 is 1.50 bits per heavy atom. The van der Waals surface area contributed by atoms with Gasteiger partial charge in [-0.15, -0.1) is 0 Å². The van der Waals surface area contributed by atoms with Gasteiger partial charge in [-0.3, -0.25) is 9.48 Å². The molecule has 0 aromatic carbocycles. The molecule has 0 spiro atoms. The Morgan fingerprint density at radius 2 is 2.11 bits per heavy atom. The van der Waals surface area contributed by atoms with E-state index in [0.717, 1.165) is 17.0 Å². The number of hydrogen-bond acceptors (Lipinski definition) is 3. The molecule has 1 amide bonds. The Hall–Kier alpha value is -1.36. The lowest BCUT2D eigenvalue weighted by Crippen LogP contribution is -2.37. The molecule has 102 valence electrons. The van der Waals surface area contributed by atoms with E-state index in [1.807, 2.05) is 32.5 Å². The van der Waals surface area contributed by atoms with Crippen LogP contribution in [0, 0.1) is 13.8 Å². The van der Waals surface area contributed by atoms with E-state index in [2.05, 4.69) is 5.10 Å². The van der Waals surface area contributed by atoms with Crippen LogP contribution >= 0.6 is 0 Å². The van der Waals surface area contributed by atoms with Gasteiger partial charge in [-0.05, 0) is 32.8 Å². The second-order valence-electron chi connectivity index (χ2n) is 4.81. The number of carbonyl (C=O) groups is 1. The van der Waals surface area contributed by atoms with Gasteiger partial charge >= 0.3 is 0 Å². The Kier molecular flexibility index (Phi) is 4.90. The zero-order chi connectivity index (χ0) is 13.9. The van der Waals surface area contributed by atoms with Crippen LogP contribution in [0.3, 0.4) is 0 Å². The molecule has 1 aromatic rings. The lowest BCUT2D eigenvalue weighted by Gasteiger charge is -2.23. The summed E-state index contributed by atoms with van der Waals surface area (Å²) >= 11 is 0. The third kappa shape index (κ3) is 3.10. The summed E-state index contributed by atoms with van der Waals surface area (Å²) in [5.41, 5.74) is 3.25. The average Bonchev–Trinajstić information content (AvgIpc) is 2.59. The van der Waals surface area contributed by atoms with Crippen molar-refractivity contribution in [3.63, 3.8) is 0 Å². The SMILES string of the molecule is Cc1nn(C)c(C)c1CCC(=O)N(C)C(C)CO. The molecule has 1 aromatic heterocycles. The third-order valence-electron chi connectivity index (χ3n) is 3.57. The Balaban J connectivity index is 2.63. The Labute approximate surface area is 108 Å². The van der Waals surface area contributed by atoms with Gasteiger partial charge in [0.05, 0.1) is 18.3 Å². The molecular weight excluding hydrogens is 230 g/mol. The quantitative estimate of drug-likeness (QED) is 0.844. The molecule has 0 aliphatic rings. The molecule has 1 heterocycles. The predicted molar refractivity (Wildman–Crippen MR) is 70.3 cm³/mol. The van der Waals surface area contributed by atoms with Gasteiger partial charge in [-0.2, -0.15) is 5.10 Å². The Morgan fingerprint density at radius 3 is 2.56 bits per heavy atom. The molecule has 1 N–H and O–H groups in total. The molecular formula is C13H23N3O2. The number of likely N-dealkylation sites (N-methyl/N-ethyl adjacent to an activating group) is 1. The molecule has 0 radical (unpaired) electrons. The smallest absolute Gasteiger partial charge is 0.222 e. The maximum atomic E-state index is 11.9. The third-order valence-corrected chi connectivity index (χ3v) is 3.57. The molecule has 1 atom stereocenters. The summed E-state index contributed by atoms with van der Waals surface area (Å²) in [6.07, 6.45) is 1.15. The minimum absolute atomic E-state index is 0.00676.